The molecule has 0 bridgehead atoms. The highest BCUT2D eigenvalue weighted by atomic mass is 16.5. The lowest BCUT2D eigenvalue weighted by Gasteiger charge is -1.93. The van der Waals surface area contributed by atoms with Crippen LogP contribution in [0, 0.1) is 0 Å². The van der Waals surface area contributed by atoms with Gasteiger partial charge in [0.05, 0.1) is 0 Å². The predicted octanol–water partition coefficient (Wildman–Crippen LogP) is 0.839. The molecule has 0 saturated carbocycles. The van der Waals surface area contributed by atoms with Gasteiger partial charge in [-0.15, -0.1) is 0 Å². The summed E-state index contributed by atoms with van der Waals surface area (Å²) in [4.78, 5) is 20.9. The van der Waals surface area contributed by atoms with Crippen molar-refractivity contribution < 1.29 is 14.3 Å². The maximum absolute atomic E-state index is 10.9. The lowest BCUT2D eigenvalue weighted by Crippen LogP contribution is -1.99. The Morgan fingerprint density at radius 3 is 2.82 bits per heavy atom. The molecular weight excluding hydrogens is 144 g/mol. The zero-order valence-electron chi connectivity index (χ0n) is 6.42. The van der Waals surface area contributed by atoms with Gasteiger partial charge in [0.15, 0.2) is 0 Å². The topological polar surface area (TPSA) is 43.4 Å². The minimum Gasteiger partial charge on any atom is -0.458 e. The molecular formula is C8H10O3. The molecule has 0 aromatic heterocycles. The van der Waals surface area contributed by atoms with Crippen molar-refractivity contribution in [3.05, 3.63) is 11.1 Å². The van der Waals surface area contributed by atoms with Gasteiger partial charge in [-0.2, -0.15) is 0 Å². The number of cyclic esters (lactones) is 1. The van der Waals surface area contributed by atoms with Crippen LogP contribution in [0.4, 0.5) is 0 Å². The van der Waals surface area contributed by atoms with Crippen LogP contribution in [0.1, 0.15) is 19.8 Å². The van der Waals surface area contributed by atoms with E-state index in [-0.39, 0.29) is 5.97 Å². The van der Waals surface area contributed by atoms with E-state index in [1.807, 2.05) is 6.92 Å². The Balaban J connectivity index is 2.59. The van der Waals surface area contributed by atoms with Gasteiger partial charge in [0.2, 0.25) is 0 Å². The second-order valence-corrected chi connectivity index (χ2v) is 2.54. The summed E-state index contributed by atoms with van der Waals surface area (Å²) in [5, 5.41) is 0. The van der Waals surface area contributed by atoms with Gasteiger partial charge >= 0.3 is 5.97 Å². The zero-order chi connectivity index (χ0) is 8.27. The number of ether oxygens (including phenoxy) is 1. The highest BCUT2D eigenvalue weighted by Crippen LogP contribution is 2.18. The highest BCUT2D eigenvalue weighted by molar-refractivity contribution is 5.91. The van der Waals surface area contributed by atoms with Gasteiger partial charge in [-0.25, -0.2) is 4.79 Å². The summed E-state index contributed by atoms with van der Waals surface area (Å²) in [6.45, 7) is 2.25. The number of rotatable bonds is 3. The molecule has 0 aromatic rings. The molecule has 0 aliphatic carbocycles. The second-order valence-electron chi connectivity index (χ2n) is 2.54. The second kappa shape index (κ2) is 3.32. The molecule has 0 fully saturated rings. The average Bonchev–Trinajstić information content (AvgIpc) is 2.29. The van der Waals surface area contributed by atoms with Crippen LogP contribution in [0.25, 0.3) is 0 Å². The fourth-order valence-corrected chi connectivity index (χ4v) is 1.04. The van der Waals surface area contributed by atoms with E-state index in [0.717, 1.165) is 11.9 Å². The summed E-state index contributed by atoms with van der Waals surface area (Å²) in [5.74, 6) is -0.260. The standard InChI is InChI=1S/C8H10O3/c1-6-5-11-8(10)7(6)3-2-4-9/h4H,2-3,5H2,1H3. The fraction of sp³-hybridized carbons (Fsp3) is 0.500. The first-order valence-corrected chi connectivity index (χ1v) is 3.55. The van der Waals surface area contributed by atoms with E-state index in [9.17, 15) is 9.59 Å². The molecule has 0 aromatic carbocycles. The number of carbonyl (C=O) groups excluding carboxylic acids is 2. The summed E-state index contributed by atoms with van der Waals surface area (Å²) >= 11 is 0. The van der Waals surface area contributed by atoms with Gasteiger partial charge in [-0.3, -0.25) is 0 Å². The SMILES string of the molecule is CC1=C(CCC=O)C(=O)OC1. The van der Waals surface area contributed by atoms with Gasteiger partial charge in [-0.1, -0.05) is 0 Å². The van der Waals surface area contributed by atoms with Crippen LogP contribution in [0.15, 0.2) is 11.1 Å². The number of hydrogen-bond acceptors (Lipinski definition) is 3. The van der Waals surface area contributed by atoms with Crippen LogP contribution >= 0.6 is 0 Å². The molecule has 1 aliphatic heterocycles. The summed E-state index contributed by atoms with van der Waals surface area (Å²) < 4.78 is 4.75. The monoisotopic (exact) mass is 154 g/mol. The molecule has 0 atom stereocenters. The van der Waals surface area contributed by atoms with Gasteiger partial charge in [0, 0.05) is 12.0 Å². The minimum absolute atomic E-state index is 0.260. The van der Waals surface area contributed by atoms with Crippen molar-refractivity contribution in [2.45, 2.75) is 19.8 Å². The lowest BCUT2D eigenvalue weighted by molar-refractivity contribution is -0.136. The van der Waals surface area contributed by atoms with E-state index in [2.05, 4.69) is 0 Å². The fourth-order valence-electron chi connectivity index (χ4n) is 1.04. The Labute approximate surface area is 65.0 Å². The Morgan fingerprint density at radius 1 is 1.64 bits per heavy atom. The Bertz CT molecular complexity index is 215. The number of esters is 1. The molecule has 0 unspecified atom stereocenters. The normalized spacial score (nSPS) is 17.0. The molecule has 11 heavy (non-hydrogen) atoms. The molecule has 60 valence electrons. The van der Waals surface area contributed by atoms with Crippen LogP contribution in [-0.4, -0.2) is 18.9 Å². The molecule has 3 nitrogen and oxygen atoms in total. The molecule has 1 rings (SSSR count). The molecule has 0 N–H and O–H groups in total. The molecule has 0 radical (unpaired) electrons. The highest BCUT2D eigenvalue weighted by Gasteiger charge is 2.20. The van der Waals surface area contributed by atoms with E-state index in [0.29, 0.717) is 25.0 Å². The lowest BCUT2D eigenvalue weighted by atomic mass is 10.1. The van der Waals surface area contributed by atoms with Crippen molar-refractivity contribution in [2.24, 2.45) is 0 Å². The van der Waals surface area contributed by atoms with Gasteiger partial charge < -0.3 is 9.53 Å². The molecule has 1 aliphatic rings. The van der Waals surface area contributed by atoms with Gasteiger partial charge in [0.1, 0.15) is 12.9 Å². The predicted molar refractivity (Wildman–Crippen MR) is 39.0 cm³/mol. The quantitative estimate of drug-likeness (QED) is 0.447. The van der Waals surface area contributed by atoms with Crippen LogP contribution in [0.2, 0.25) is 0 Å². The molecule has 0 spiro atoms. The van der Waals surface area contributed by atoms with Crippen LogP contribution in [0.3, 0.4) is 0 Å². The summed E-state index contributed by atoms with van der Waals surface area (Å²) in [7, 11) is 0. The smallest absolute Gasteiger partial charge is 0.334 e. The Kier molecular flexibility index (Phi) is 2.41. The minimum atomic E-state index is -0.260. The van der Waals surface area contributed by atoms with Crippen molar-refractivity contribution in [2.75, 3.05) is 6.61 Å². The number of carbonyl (C=O) groups is 2. The zero-order valence-corrected chi connectivity index (χ0v) is 6.42. The summed E-state index contributed by atoms with van der Waals surface area (Å²) in [6, 6.07) is 0. The number of aldehydes is 1. The Morgan fingerprint density at radius 2 is 2.36 bits per heavy atom. The molecule has 1 heterocycles. The largest absolute Gasteiger partial charge is 0.458 e. The summed E-state index contributed by atoms with van der Waals surface area (Å²) in [6.07, 6.45) is 1.74. The van der Waals surface area contributed by atoms with Crippen LogP contribution in [0.5, 0.6) is 0 Å². The maximum atomic E-state index is 10.9. The molecule has 0 amide bonds. The van der Waals surface area contributed by atoms with Crippen molar-refractivity contribution >= 4 is 12.3 Å². The number of hydrogen-bond donors (Lipinski definition) is 0. The Hall–Kier alpha value is -1.12. The summed E-state index contributed by atoms with van der Waals surface area (Å²) in [5.41, 5.74) is 1.63. The van der Waals surface area contributed by atoms with Crippen molar-refractivity contribution in [1.82, 2.24) is 0 Å². The molecule has 3 heteroatoms. The van der Waals surface area contributed by atoms with Crippen LogP contribution < -0.4 is 0 Å². The third-order valence-corrected chi connectivity index (χ3v) is 1.69. The van der Waals surface area contributed by atoms with Gasteiger partial charge in [-0.05, 0) is 18.9 Å². The van der Waals surface area contributed by atoms with E-state index in [1.165, 1.54) is 0 Å². The van der Waals surface area contributed by atoms with E-state index in [4.69, 9.17) is 4.74 Å². The first-order valence-electron chi connectivity index (χ1n) is 3.55. The first-order chi connectivity index (χ1) is 5.25. The van der Waals surface area contributed by atoms with Crippen molar-refractivity contribution in [3.63, 3.8) is 0 Å². The van der Waals surface area contributed by atoms with Crippen molar-refractivity contribution in [3.8, 4) is 0 Å². The average molecular weight is 154 g/mol. The first kappa shape index (κ1) is 7.98. The third kappa shape index (κ3) is 1.67. The van der Waals surface area contributed by atoms with E-state index < -0.39 is 0 Å². The molecule has 0 saturated heterocycles. The van der Waals surface area contributed by atoms with E-state index in [1.54, 1.807) is 0 Å². The van der Waals surface area contributed by atoms with E-state index >= 15 is 0 Å². The third-order valence-electron chi connectivity index (χ3n) is 1.69. The maximum Gasteiger partial charge on any atom is 0.334 e. The van der Waals surface area contributed by atoms with Gasteiger partial charge in [0.25, 0.3) is 0 Å². The van der Waals surface area contributed by atoms with Crippen LogP contribution in [-0.2, 0) is 14.3 Å². The van der Waals surface area contributed by atoms with Crippen molar-refractivity contribution in [1.29, 1.82) is 0 Å².